The molecule has 0 radical (unpaired) electrons. The first kappa shape index (κ1) is 24.2. The van der Waals surface area contributed by atoms with E-state index in [1.54, 1.807) is 13.0 Å². The Bertz CT molecular complexity index is 585. The lowest BCUT2D eigenvalue weighted by atomic mass is 9.96. The Morgan fingerprint density at radius 2 is 1.79 bits per heavy atom. The highest BCUT2D eigenvalue weighted by Crippen LogP contribution is 2.26. The van der Waals surface area contributed by atoms with Crippen LogP contribution in [0.5, 0.6) is 0 Å². The van der Waals surface area contributed by atoms with Crippen molar-refractivity contribution in [1.82, 2.24) is 0 Å². The molecule has 0 aliphatic carbocycles. The minimum absolute atomic E-state index is 0.142. The van der Waals surface area contributed by atoms with Crippen molar-refractivity contribution >= 4 is 11.9 Å². The van der Waals surface area contributed by atoms with Gasteiger partial charge in [0.05, 0.1) is 19.1 Å². The molecule has 28 heavy (non-hydrogen) atoms. The number of aliphatic carboxylic acids is 2. The summed E-state index contributed by atoms with van der Waals surface area (Å²) in [6.07, 6.45) is -3.76. The van der Waals surface area contributed by atoms with Crippen LogP contribution in [0.3, 0.4) is 0 Å². The number of hydrogen-bond donors (Lipinski definition) is 6. The predicted octanol–water partition coefficient (Wildman–Crippen LogP) is -0.740. The number of allylic oxidation sites excluding steroid dienone is 3. The minimum atomic E-state index is -1.63. The molecule has 10 heteroatoms. The summed E-state index contributed by atoms with van der Waals surface area (Å²) >= 11 is 0. The van der Waals surface area contributed by atoms with Crippen LogP contribution < -0.4 is 0 Å². The van der Waals surface area contributed by atoms with E-state index in [-0.39, 0.29) is 11.5 Å². The van der Waals surface area contributed by atoms with E-state index in [9.17, 15) is 30.0 Å². The van der Waals surface area contributed by atoms with Gasteiger partial charge in [-0.1, -0.05) is 25.2 Å². The summed E-state index contributed by atoms with van der Waals surface area (Å²) in [7, 11) is 0. The van der Waals surface area contributed by atoms with Crippen LogP contribution in [0.4, 0.5) is 0 Å². The summed E-state index contributed by atoms with van der Waals surface area (Å²) in [6, 6.07) is 0. The zero-order valence-electron chi connectivity index (χ0n) is 15.7. The zero-order valence-corrected chi connectivity index (χ0v) is 15.7. The Labute approximate surface area is 162 Å². The number of carboxylic acid groups (broad SMARTS) is 2. The molecule has 0 spiro atoms. The zero-order chi connectivity index (χ0) is 21.4. The highest BCUT2D eigenvalue weighted by Gasteiger charge is 2.45. The lowest BCUT2D eigenvalue weighted by Gasteiger charge is -2.41. The van der Waals surface area contributed by atoms with Crippen molar-refractivity contribution in [2.75, 3.05) is 6.61 Å². The molecule has 1 aliphatic heterocycles. The van der Waals surface area contributed by atoms with Crippen LogP contribution in [-0.4, -0.2) is 86.0 Å². The Kier molecular flexibility index (Phi) is 9.73. The van der Waals surface area contributed by atoms with Gasteiger partial charge in [-0.3, -0.25) is 4.79 Å². The summed E-state index contributed by atoms with van der Waals surface area (Å²) in [6.45, 7) is 2.52. The number of hydrogen-bond acceptors (Lipinski definition) is 8. The molecule has 7 atom stereocenters. The van der Waals surface area contributed by atoms with E-state index >= 15 is 0 Å². The van der Waals surface area contributed by atoms with Crippen molar-refractivity contribution in [2.24, 2.45) is 5.92 Å². The summed E-state index contributed by atoms with van der Waals surface area (Å²) in [5.41, 5.74) is 0.142. The maximum Gasteiger partial charge on any atom is 0.331 e. The van der Waals surface area contributed by atoms with Gasteiger partial charge in [-0.2, -0.15) is 0 Å². The lowest BCUT2D eigenvalue weighted by molar-refractivity contribution is -0.314. The fourth-order valence-electron chi connectivity index (χ4n) is 2.64. The second-order valence-electron chi connectivity index (χ2n) is 6.77. The number of rotatable bonds is 10. The molecule has 0 aromatic rings. The Balaban J connectivity index is 2.81. The van der Waals surface area contributed by atoms with E-state index in [1.165, 1.54) is 19.1 Å². The first-order chi connectivity index (χ1) is 13.1. The first-order valence-electron chi connectivity index (χ1n) is 8.83. The van der Waals surface area contributed by atoms with E-state index in [0.717, 1.165) is 0 Å². The van der Waals surface area contributed by atoms with Crippen molar-refractivity contribution < 1.29 is 49.7 Å². The maximum atomic E-state index is 11.2. The van der Waals surface area contributed by atoms with Crippen molar-refractivity contribution in [1.29, 1.82) is 0 Å². The molecule has 0 amide bonds. The fraction of sp³-hybridized carbons (Fsp3) is 0.667. The molecular formula is C18H28O10. The van der Waals surface area contributed by atoms with Crippen LogP contribution in [0.1, 0.15) is 26.7 Å². The van der Waals surface area contributed by atoms with Gasteiger partial charge < -0.3 is 40.1 Å². The average Bonchev–Trinajstić information content (AvgIpc) is 2.63. The highest BCUT2D eigenvalue weighted by atomic mass is 16.7. The number of ether oxygens (including phenoxy) is 2. The largest absolute Gasteiger partial charge is 0.481 e. The highest BCUT2D eigenvalue weighted by molar-refractivity contribution is 5.86. The molecule has 1 fully saturated rings. The fourth-order valence-corrected chi connectivity index (χ4v) is 2.64. The average molecular weight is 404 g/mol. The molecule has 0 saturated carbocycles. The summed E-state index contributed by atoms with van der Waals surface area (Å²) < 4.78 is 10.8. The van der Waals surface area contributed by atoms with E-state index in [4.69, 9.17) is 19.7 Å². The number of carboxylic acids is 2. The number of aliphatic hydroxyl groups excluding tert-OH is 4. The van der Waals surface area contributed by atoms with Gasteiger partial charge in [0, 0.05) is 5.57 Å². The molecule has 10 nitrogen and oxygen atoms in total. The van der Waals surface area contributed by atoms with Crippen molar-refractivity contribution in [3.05, 3.63) is 23.8 Å². The third-order valence-electron chi connectivity index (χ3n) is 4.50. The SMILES string of the molecule is C/C(=C\C=C\CC(C)C(CC(=O)O)O[C@H]1O[C@@H](CO)[C@H](O)[C@@H](O)[C@@H]1O)C(=O)O. The summed E-state index contributed by atoms with van der Waals surface area (Å²) in [4.78, 5) is 21.9. The van der Waals surface area contributed by atoms with Gasteiger partial charge in [-0.15, -0.1) is 0 Å². The Hall–Kier alpha value is -1.82. The lowest BCUT2D eigenvalue weighted by Crippen LogP contribution is -2.60. The molecule has 1 rings (SSSR count). The minimum Gasteiger partial charge on any atom is -0.481 e. The van der Waals surface area contributed by atoms with Gasteiger partial charge in [0.25, 0.3) is 0 Å². The molecule has 6 N–H and O–H groups in total. The van der Waals surface area contributed by atoms with Crippen LogP contribution in [0.15, 0.2) is 23.8 Å². The molecule has 2 unspecified atom stereocenters. The Morgan fingerprint density at radius 1 is 1.14 bits per heavy atom. The van der Waals surface area contributed by atoms with Gasteiger partial charge in [0.2, 0.25) is 0 Å². The van der Waals surface area contributed by atoms with Crippen LogP contribution in [0.2, 0.25) is 0 Å². The maximum absolute atomic E-state index is 11.2. The van der Waals surface area contributed by atoms with Gasteiger partial charge in [0.15, 0.2) is 6.29 Å². The molecule has 160 valence electrons. The quantitative estimate of drug-likeness (QED) is 0.201. The molecule has 0 aromatic carbocycles. The molecule has 1 saturated heterocycles. The van der Waals surface area contributed by atoms with Crippen molar-refractivity contribution in [2.45, 2.75) is 63.5 Å². The van der Waals surface area contributed by atoms with Crippen molar-refractivity contribution in [3.8, 4) is 0 Å². The van der Waals surface area contributed by atoms with Gasteiger partial charge in [-0.25, -0.2) is 4.79 Å². The second-order valence-corrected chi connectivity index (χ2v) is 6.77. The number of carbonyl (C=O) groups is 2. The van der Waals surface area contributed by atoms with Crippen LogP contribution in [0.25, 0.3) is 0 Å². The van der Waals surface area contributed by atoms with E-state index in [0.29, 0.717) is 6.42 Å². The van der Waals surface area contributed by atoms with Gasteiger partial charge >= 0.3 is 11.9 Å². The molecule has 0 aromatic heterocycles. The van der Waals surface area contributed by atoms with E-state index in [1.807, 2.05) is 0 Å². The van der Waals surface area contributed by atoms with Gasteiger partial charge in [0.1, 0.15) is 24.4 Å². The van der Waals surface area contributed by atoms with Gasteiger partial charge in [-0.05, 0) is 19.3 Å². The summed E-state index contributed by atoms with van der Waals surface area (Å²) in [5.74, 6) is -2.56. The Morgan fingerprint density at radius 3 is 2.32 bits per heavy atom. The monoisotopic (exact) mass is 404 g/mol. The van der Waals surface area contributed by atoms with Crippen molar-refractivity contribution in [3.63, 3.8) is 0 Å². The second kappa shape index (κ2) is 11.2. The van der Waals surface area contributed by atoms with E-state index < -0.39 is 61.8 Å². The van der Waals surface area contributed by atoms with Crippen LogP contribution in [-0.2, 0) is 19.1 Å². The summed E-state index contributed by atoms with van der Waals surface area (Å²) in [5, 5.41) is 56.8. The normalized spacial score (nSPS) is 30.9. The molecular weight excluding hydrogens is 376 g/mol. The smallest absolute Gasteiger partial charge is 0.331 e. The molecule has 0 bridgehead atoms. The standard InChI is InChI=1S/C18H28O10/c1-9(5-3-4-6-10(2)17(25)26)11(7-13(20)21)27-18-16(24)15(23)14(22)12(8-19)28-18/h3-4,6,9,11-12,14-16,18-19,22-24H,5,7-8H2,1-2H3,(H,20,21)(H,25,26)/b4-3+,10-6+/t9?,11?,12-,14-,15+,16-,18-/m0/s1. The third kappa shape index (κ3) is 6.97. The van der Waals surface area contributed by atoms with Crippen LogP contribution >= 0.6 is 0 Å². The molecule has 1 aliphatic rings. The van der Waals surface area contributed by atoms with Crippen LogP contribution in [0, 0.1) is 5.92 Å². The number of aliphatic hydroxyl groups is 4. The first-order valence-corrected chi connectivity index (χ1v) is 8.83. The molecule has 1 heterocycles. The third-order valence-corrected chi connectivity index (χ3v) is 4.50. The topological polar surface area (TPSA) is 174 Å². The predicted molar refractivity (Wildman–Crippen MR) is 95.2 cm³/mol. The van der Waals surface area contributed by atoms with E-state index in [2.05, 4.69) is 0 Å².